The number of rotatable bonds is 6. The van der Waals surface area contributed by atoms with Crippen LogP contribution in [0.1, 0.15) is 0 Å². The van der Waals surface area contributed by atoms with Gasteiger partial charge in [0, 0.05) is 31.2 Å². The van der Waals surface area contributed by atoms with E-state index in [4.69, 9.17) is 39.5 Å². The smallest absolute Gasteiger partial charge is 0.260 e. The number of para-hydroxylation sites is 1. The highest BCUT2D eigenvalue weighted by Crippen LogP contribution is 2.27. The number of anilines is 1. The standard InChI is InChI=1S/C20H20Cl3N3O3/c21-14-5-6-18(16(23)11-14)29-13-20(28)26-9-7-25(8-10-26)12-19(27)24-17-4-2-1-3-15(17)22/h1-6,11H,7-10,12-13H2,(H,24,27). The molecule has 0 aromatic heterocycles. The van der Waals surface area contributed by atoms with Crippen LogP contribution in [0.2, 0.25) is 15.1 Å². The molecular formula is C20H20Cl3N3O3. The Bertz CT molecular complexity index is 886. The van der Waals surface area contributed by atoms with Crippen LogP contribution < -0.4 is 10.1 Å². The van der Waals surface area contributed by atoms with E-state index in [1.807, 2.05) is 11.0 Å². The average molecular weight is 457 g/mol. The Morgan fingerprint density at radius 1 is 0.966 bits per heavy atom. The molecule has 154 valence electrons. The van der Waals surface area contributed by atoms with Crippen LogP contribution in [-0.4, -0.2) is 60.9 Å². The van der Waals surface area contributed by atoms with Gasteiger partial charge in [0.15, 0.2) is 6.61 Å². The summed E-state index contributed by atoms with van der Waals surface area (Å²) >= 11 is 18.0. The first-order chi connectivity index (χ1) is 13.9. The Labute approximate surface area is 184 Å². The molecule has 1 saturated heterocycles. The third-order valence-corrected chi connectivity index (χ3v) is 5.35. The number of hydrogen-bond acceptors (Lipinski definition) is 4. The lowest BCUT2D eigenvalue weighted by molar-refractivity contribution is -0.135. The van der Waals surface area contributed by atoms with Crippen molar-refractivity contribution in [1.29, 1.82) is 0 Å². The predicted octanol–water partition coefficient (Wildman–Crippen LogP) is 3.81. The zero-order valence-electron chi connectivity index (χ0n) is 15.5. The summed E-state index contributed by atoms with van der Waals surface area (Å²) < 4.78 is 5.50. The molecule has 0 bridgehead atoms. The number of halogens is 3. The second-order valence-electron chi connectivity index (χ2n) is 6.55. The molecule has 0 saturated carbocycles. The van der Waals surface area contributed by atoms with Gasteiger partial charge in [-0.1, -0.05) is 46.9 Å². The van der Waals surface area contributed by atoms with E-state index in [2.05, 4.69) is 5.32 Å². The van der Waals surface area contributed by atoms with Gasteiger partial charge in [-0.3, -0.25) is 14.5 Å². The summed E-state index contributed by atoms with van der Waals surface area (Å²) in [6, 6.07) is 11.9. The van der Waals surface area contributed by atoms with Crippen molar-refractivity contribution in [3.63, 3.8) is 0 Å². The minimum atomic E-state index is -0.140. The van der Waals surface area contributed by atoms with Crippen LogP contribution in [0.3, 0.4) is 0 Å². The minimum absolute atomic E-state index is 0.103. The van der Waals surface area contributed by atoms with Gasteiger partial charge in [0.2, 0.25) is 5.91 Å². The van der Waals surface area contributed by atoms with Crippen LogP contribution in [0, 0.1) is 0 Å². The Kier molecular flexibility index (Phi) is 7.61. The number of ether oxygens (including phenoxy) is 1. The van der Waals surface area contributed by atoms with E-state index < -0.39 is 0 Å². The highest BCUT2D eigenvalue weighted by atomic mass is 35.5. The second kappa shape index (κ2) is 10.2. The topological polar surface area (TPSA) is 61.9 Å². The molecule has 1 aliphatic rings. The van der Waals surface area contributed by atoms with Gasteiger partial charge in [-0.05, 0) is 30.3 Å². The van der Waals surface area contributed by atoms with Gasteiger partial charge in [-0.15, -0.1) is 0 Å². The molecule has 9 heteroatoms. The molecule has 0 spiro atoms. The molecule has 29 heavy (non-hydrogen) atoms. The van der Waals surface area contributed by atoms with Crippen molar-refractivity contribution in [2.45, 2.75) is 0 Å². The number of amides is 2. The average Bonchev–Trinajstić information content (AvgIpc) is 2.69. The summed E-state index contributed by atoms with van der Waals surface area (Å²) in [6.45, 7) is 2.39. The van der Waals surface area contributed by atoms with Crippen molar-refractivity contribution in [2.75, 3.05) is 44.6 Å². The normalized spacial score (nSPS) is 14.5. The van der Waals surface area contributed by atoms with E-state index in [9.17, 15) is 9.59 Å². The molecule has 0 atom stereocenters. The van der Waals surface area contributed by atoms with Crippen molar-refractivity contribution in [3.05, 3.63) is 57.5 Å². The summed E-state index contributed by atoms with van der Waals surface area (Å²) in [5.74, 6) is 0.147. The van der Waals surface area contributed by atoms with Crippen molar-refractivity contribution in [2.24, 2.45) is 0 Å². The molecule has 0 radical (unpaired) electrons. The van der Waals surface area contributed by atoms with Gasteiger partial charge in [0.25, 0.3) is 5.91 Å². The molecule has 3 rings (SSSR count). The van der Waals surface area contributed by atoms with E-state index in [0.717, 1.165) is 0 Å². The zero-order valence-corrected chi connectivity index (χ0v) is 17.8. The number of nitrogens with one attached hydrogen (secondary N) is 1. The maximum absolute atomic E-state index is 12.4. The third-order valence-electron chi connectivity index (χ3n) is 4.49. The third kappa shape index (κ3) is 6.24. The molecule has 0 unspecified atom stereocenters. The van der Waals surface area contributed by atoms with Crippen molar-refractivity contribution >= 4 is 52.3 Å². The quantitative estimate of drug-likeness (QED) is 0.718. The molecule has 1 heterocycles. The zero-order chi connectivity index (χ0) is 20.8. The largest absolute Gasteiger partial charge is 0.482 e. The van der Waals surface area contributed by atoms with Crippen molar-refractivity contribution in [1.82, 2.24) is 9.80 Å². The first-order valence-electron chi connectivity index (χ1n) is 9.05. The maximum atomic E-state index is 12.4. The van der Waals surface area contributed by atoms with Gasteiger partial charge >= 0.3 is 0 Å². The number of piperazine rings is 1. The number of nitrogens with zero attached hydrogens (tertiary/aromatic N) is 2. The van der Waals surface area contributed by atoms with Crippen molar-refractivity contribution in [3.8, 4) is 5.75 Å². The molecular weight excluding hydrogens is 437 g/mol. The lowest BCUT2D eigenvalue weighted by Crippen LogP contribution is -2.51. The number of carbonyl (C=O) groups is 2. The first-order valence-corrected chi connectivity index (χ1v) is 10.2. The molecule has 0 aliphatic carbocycles. The van der Waals surface area contributed by atoms with Crippen LogP contribution in [-0.2, 0) is 9.59 Å². The minimum Gasteiger partial charge on any atom is -0.482 e. The van der Waals surface area contributed by atoms with E-state index in [0.29, 0.717) is 52.7 Å². The summed E-state index contributed by atoms with van der Waals surface area (Å²) in [7, 11) is 0. The highest BCUT2D eigenvalue weighted by molar-refractivity contribution is 6.35. The van der Waals surface area contributed by atoms with Gasteiger partial charge in [-0.2, -0.15) is 0 Å². The number of hydrogen-bond donors (Lipinski definition) is 1. The Balaban J connectivity index is 1.42. The van der Waals surface area contributed by atoms with Crippen LogP contribution in [0.15, 0.2) is 42.5 Å². The van der Waals surface area contributed by atoms with Gasteiger partial charge in [0.1, 0.15) is 5.75 Å². The Hall–Kier alpha value is -1.99. The molecule has 2 aromatic carbocycles. The molecule has 6 nitrogen and oxygen atoms in total. The van der Waals surface area contributed by atoms with Crippen LogP contribution >= 0.6 is 34.8 Å². The summed E-state index contributed by atoms with van der Waals surface area (Å²) in [4.78, 5) is 28.3. The number of benzene rings is 2. The van der Waals surface area contributed by atoms with Gasteiger partial charge in [0.05, 0.1) is 22.3 Å². The van der Waals surface area contributed by atoms with E-state index in [-0.39, 0.29) is 25.0 Å². The fraction of sp³-hybridized carbons (Fsp3) is 0.300. The highest BCUT2D eigenvalue weighted by Gasteiger charge is 2.23. The van der Waals surface area contributed by atoms with Gasteiger partial charge in [-0.25, -0.2) is 0 Å². The molecule has 1 aliphatic heterocycles. The van der Waals surface area contributed by atoms with E-state index >= 15 is 0 Å². The molecule has 2 amide bonds. The Morgan fingerprint density at radius 2 is 1.69 bits per heavy atom. The maximum Gasteiger partial charge on any atom is 0.260 e. The van der Waals surface area contributed by atoms with E-state index in [1.165, 1.54) is 0 Å². The lowest BCUT2D eigenvalue weighted by atomic mass is 10.3. The lowest BCUT2D eigenvalue weighted by Gasteiger charge is -2.34. The second-order valence-corrected chi connectivity index (χ2v) is 7.80. The monoisotopic (exact) mass is 455 g/mol. The van der Waals surface area contributed by atoms with E-state index in [1.54, 1.807) is 41.3 Å². The van der Waals surface area contributed by atoms with Crippen LogP contribution in [0.25, 0.3) is 0 Å². The van der Waals surface area contributed by atoms with Crippen LogP contribution in [0.5, 0.6) is 5.75 Å². The predicted molar refractivity (Wildman–Crippen MR) is 115 cm³/mol. The Morgan fingerprint density at radius 3 is 2.38 bits per heavy atom. The SMILES string of the molecule is O=C(CN1CCN(C(=O)COc2ccc(Cl)cc2Cl)CC1)Nc1ccccc1Cl. The first kappa shape index (κ1) is 21.7. The van der Waals surface area contributed by atoms with Gasteiger partial charge < -0.3 is 15.0 Å². The molecule has 2 aromatic rings. The molecule has 1 fully saturated rings. The summed E-state index contributed by atoms with van der Waals surface area (Å²) in [5, 5.41) is 4.17. The van der Waals surface area contributed by atoms with Crippen molar-refractivity contribution < 1.29 is 14.3 Å². The number of carbonyl (C=O) groups excluding carboxylic acids is 2. The van der Waals surface area contributed by atoms with Crippen LogP contribution in [0.4, 0.5) is 5.69 Å². The molecule has 1 N–H and O–H groups in total. The fourth-order valence-electron chi connectivity index (χ4n) is 2.93. The summed E-state index contributed by atoms with van der Waals surface area (Å²) in [5.41, 5.74) is 0.589. The summed E-state index contributed by atoms with van der Waals surface area (Å²) in [6.07, 6.45) is 0. The fourth-order valence-corrected chi connectivity index (χ4v) is 3.58.